The van der Waals surface area contributed by atoms with E-state index >= 15 is 0 Å². The zero-order valence-corrected chi connectivity index (χ0v) is 16.6. The van der Waals surface area contributed by atoms with Gasteiger partial charge in [-0.1, -0.05) is 48.2 Å². The van der Waals surface area contributed by atoms with Crippen molar-refractivity contribution in [2.24, 2.45) is 5.10 Å². The van der Waals surface area contributed by atoms with Gasteiger partial charge in [0.15, 0.2) is 10.1 Å². The number of thiocarbonyl (C=S) groups is 1. The summed E-state index contributed by atoms with van der Waals surface area (Å²) < 4.78 is 42.6. The fourth-order valence-corrected chi connectivity index (χ4v) is 2.44. The molecule has 0 bridgehead atoms. The number of thioether (sulfide) groups is 1. The van der Waals surface area contributed by atoms with Crippen LogP contribution in [0.2, 0.25) is 0 Å². The Labute approximate surface area is 173 Å². The summed E-state index contributed by atoms with van der Waals surface area (Å²) in [6.07, 6.45) is 0.257. The lowest BCUT2D eigenvalue weighted by Crippen LogP contribution is -2.17. The number of benzene rings is 2. The average Bonchev–Trinajstić information content (AvgIpc) is 3.18. The molecule has 2 aromatic carbocycles. The highest BCUT2D eigenvalue weighted by Gasteiger charge is 2.30. The average molecular weight is 437 g/mol. The molecule has 3 aromatic rings. The number of nitrogens with one attached hydrogen (secondary N) is 1. The van der Waals surface area contributed by atoms with Crippen LogP contribution in [0.5, 0.6) is 5.75 Å². The molecule has 0 atom stereocenters. The van der Waals surface area contributed by atoms with Crippen LogP contribution in [0, 0.1) is 0 Å². The number of aromatic nitrogens is 3. The number of rotatable bonds is 5. The van der Waals surface area contributed by atoms with E-state index in [4.69, 9.17) is 12.2 Å². The van der Waals surface area contributed by atoms with Gasteiger partial charge in [-0.05, 0) is 36.1 Å². The van der Waals surface area contributed by atoms with Crippen molar-refractivity contribution in [1.29, 1.82) is 0 Å². The second kappa shape index (κ2) is 9.05. The van der Waals surface area contributed by atoms with Gasteiger partial charge in [0.25, 0.3) is 0 Å². The van der Waals surface area contributed by atoms with Crippen molar-refractivity contribution in [1.82, 2.24) is 20.2 Å². The summed E-state index contributed by atoms with van der Waals surface area (Å²) in [5, 5.41) is 8.39. The molecule has 0 amide bonds. The zero-order valence-electron chi connectivity index (χ0n) is 14.9. The lowest BCUT2D eigenvalue weighted by molar-refractivity contribution is -0.274. The van der Waals surface area contributed by atoms with Crippen molar-refractivity contribution in [2.45, 2.75) is 6.36 Å². The minimum atomic E-state index is -4.73. The molecule has 29 heavy (non-hydrogen) atoms. The number of hydrazone groups is 1. The van der Waals surface area contributed by atoms with Gasteiger partial charge in [-0.25, -0.2) is 9.67 Å². The van der Waals surface area contributed by atoms with Gasteiger partial charge in [0.2, 0.25) is 0 Å². The van der Waals surface area contributed by atoms with Crippen LogP contribution in [0.15, 0.2) is 60.0 Å². The maximum absolute atomic E-state index is 12.2. The molecule has 150 valence electrons. The summed E-state index contributed by atoms with van der Waals surface area (Å²) in [7, 11) is 0. The van der Waals surface area contributed by atoms with E-state index in [0.717, 1.165) is 11.1 Å². The minimum Gasteiger partial charge on any atom is -0.406 e. The van der Waals surface area contributed by atoms with E-state index in [1.54, 1.807) is 6.21 Å². The van der Waals surface area contributed by atoms with Crippen molar-refractivity contribution < 1.29 is 17.9 Å². The molecule has 1 aromatic heterocycles. The number of ether oxygens (including phenoxy) is 1. The van der Waals surface area contributed by atoms with Gasteiger partial charge in [-0.2, -0.15) is 5.10 Å². The molecular formula is C18H14F3N5OS2. The normalized spacial score (nSPS) is 11.6. The first-order valence-electron chi connectivity index (χ1n) is 8.09. The second-order valence-corrected chi connectivity index (χ2v) is 7.02. The third-order valence-electron chi connectivity index (χ3n) is 3.55. The number of hydrogen-bond donors (Lipinski definition) is 1. The Bertz CT molecular complexity index is 1000. The topological polar surface area (TPSA) is 64.3 Å². The summed E-state index contributed by atoms with van der Waals surface area (Å²) in [5.74, 6) is 0.178. The zero-order chi connectivity index (χ0) is 20.9. The van der Waals surface area contributed by atoms with Gasteiger partial charge < -0.3 is 4.74 Å². The van der Waals surface area contributed by atoms with Crippen LogP contribution in [0.4, 0.5) is 13.2 Å². The molecule has 0 spiro atoms. The lowest BCUT2D eigenvalue weighted by atomic mass is 10.1. The second-order valence-electron chi connectivity index (χ2n) is 5.54. The monoisotopic (exact) mass is 437 g/mol. The molecule has 0 aliphatic heterocycles. The molecule has 0 aliphatic carbocycles. The molecule has 0 unspecified atom stereocenters. The van der Waals surface area contributed by atoms with Gasteiger partial charge >= 0.3 is 6.36 Å². The Hall–Kier alpha value is -2.92. The van der Waals surface area contributed by atoms with Gasteiger partial charge in [0.1, 0.15) is 12.1 Å². The van der Waals surface area contributed by atoms with Crippen molar-refractivity contribution in [3.63, 3.8) is 0 Å². The van der Waals surface area contributed by atoms with E-state index in [1.807, 2.05) is 30.5 Å². The molecule has 1 N–H and O–H groups in total. The van der Waals surface area contributed by atoms with Crippen LogP contribution in [-0.2, 0) is 0 Å². The van der Waals surface area contributed by atoms with E-state index in [9.17, 15) is 13.2 Å². The molecule has 1 heterocycles. The van der Waals surface area contributed by atoms with Crippen LogP contribution >= 0.6 is 24.0 Å². The quantitative estimate of drug-likeness (QED) is 0.363. The fraction of sp³-hybridized carbons (Fsp3) is 0.111. The largest absolute Gasteiger partial charge is 0.573 e. The van der Waals surface area contributed by atoms with Gasteiger partial charge in [-0.15, -0.1) is 18.3 Å². The SMILES string of the molecule is CSC(=S)N/N=C/c1ccc(-c2ncn(-c3ccc(OC(F)(F)F)cc3)n2)cc1. The summed E-state index contributed by atoms with van der Waals surface area (Å²) in [6, 6.07) is 12.8. The molecular weight excluding hydrogens is 423 g/mol. The Balaban J connectivity index is 1.69. The molecule has 3 rings (SSSR count). The fourth-order valence-electron chi connectivity index (χ4n) is 2.24. The molecule has 0 saturated heterocycles. The van der Waals surface area contributed by atoms with Gasteiger partial charge in [0.05, 0.1) is 11.9 Å². The van der Waals surface area contributed by atoms with Gasteiger partial charge in [0, 0.05) is 5.56 Å². The Kier molecular flexibility index (Phi) is 6.49. The number of hydrogen-bond acceptors (Lipinski definition) is 6. The number of halogens is 3. The Morgan fingerprint density at radius 2 is 1.86 bits per heavy atom. The van der Waals surface area contributed by atoms with Crippen molar-refractivity contribution in [3.8, 4) is 22.8 Å². The highest BCUT2D eigenvalue weighted by Crippen LogP contribution is 2.24. The Morgan fingerprint density at radius 3 is 2.48 bits per heavy atom. The highest BCUT2D eigenvalue weighted by atomic mass is 32.2. The molecule has 11 heteroatoms. The predicted octanol–water partition coefficient (Wildman–Crippen LogP) is 4.40. The third-order valence-corrected chi connectivity index (χ3v) is 4.60. The van der Waals surface area contributed by atoms with Gasteiger partial charge in [-0.3, -0.25) is 5.43 Å². The number of nitrogens with zero attached hydrogens (tertiary/aromatic N) is 4. The molecule has 6 nitrogen and oxygen atoms in total. The molecule has 0 radical (unpaired) electrons. The Morgan fingerprint density at radius 1 is 1.17 bits per heavy atom. The maximum atomic E-state index is 12.2. The van der Waals surface area contributed by atoms with Crippen LogP contribution in [-0.4, -0.2) is 37.9 Å². The summed E-state index contributed by atoms with van der Waals surface area (Å²) in [5.41, 5.74) is 4.93. The van der Waals surface area contributed by atoms with E-state index in [2.05, 4.69) is 25.3 Å². The molecule has 0 saturated carbocycles. The van der Waals surface area contributed by atoms with E-state index < -0.39 is 6.36 Å². The lowest BCUT2D eigenvalue weighted by Gasteiger charge is -2.09. The van der Waals surface area contributed by atoms with Crippen LogP contribution in [0.1, 0.15) is 5.56 Å². The molecule has 0 fully saturated rings. The smallest absolute Gasteiger partial charge is 0.406 e. The van der Waals surface area contributed by atoms with Crippen LogP contribution < -0.4 is 10.2 Å². The van der Waals surface area contributed by atoms with E-state index in [-0.39, 0.29) is 5.75 Å². The van der Waals surface area contributed by atoms with E-state index in [0.29, 0.717) is 15.8 Å². The standard InChI is InChI=1S/C18H14F3N5OS2/c1-29-17(28)24-23-10-12-2-4-13(5-3-12)16-22-11-26(25-16)14-6-8-15(9-7-14)27-18(19,20)21/h2-11H,1H3,(H,24,28)/b23-10+. The first-order chi connectivity index (χ1) is 13.8. The number of alkyl halides is 3. The maximum Gasteiger partial charge on any atom is 0.573 e. The first-order valence-corrected chi connectivity index (χ1v) is 9.73. The minimum absolute atomic E-state index is 0.299. The summed E-state index contributed by atoms with van der Waals surface area (Å²) in [6.45, 7) is 0. The van der Waals surface area contributed by atoms with Crippen molar-refractivity contribution in [2.75, 3.05) is 6.26 Å². The van der Waals surface area contributed by atoms with Crippen LogP contribution in [0.3, 0.4) is 0 Å². The van der Waals surface area contributed by atoms with Crippen LogP contribution in [0.25, 0.3) is 17.1 Å². The van der Waals surface area contributed by atoms with Crippen molar-refractivity contribution >= 4 is 34.5 Å². The molecule has 0 aliphatic rings. The first kappa shape index (κ1) is 20.8. The summed E-state index contributed by atoms with van der Waals surface area (Å²) >= 11 is 6.38. The van der Waals surface area contributed by atoms with Crippen molar-refractivity contribution in [3.05, 3.63) is 60.4 Å². The summed E-state index contributed by atoms with van der Waals surface area (Å²) in [4.78, 5) is 4.25. The predicted molar refractivity (Wildman–Crippen MR) is 110 cm³/mol. The third kappa shape index (κ3) is 6.03. The van der Waals surface area contributed by atoms with E-state index in [1.165, 1.54) is 47.0 Å². The highest BCUT2D eigenvalue weighted by molar-refractivity contribution is 8.22.